The maximum Gasteiger partial charge on any atom is 0.338 e. The van der Waals surface area contributed by atoms with Crippen LogP contribution < -0.4 is 10.6 Å². The second kappa shape index (κ2) is 7.10. The molecule has 0 radical (unpaired) electrons. The number of unbranched alkanes of at least 4 members (excludes halogenated alkanes) is 1. The second-order valence-electron chi connectivity index (χ2n) is 4.10. The Morgan fingerprint density at radius 3 is 2.53 bits per heavy atom. The van der Waals surface area contributed by atoms with Crippen LogP contribution in [-0.4, -0.2) is 35.4 Å². The third kappa shape index (κ3) is 4.22. The molecule has 106 valence electrons. The fraction of sp³-hybridized carbons (Fsp3) is 0.500. The number of hydrogen-bond donors (Lipinski definition) is 4. The molecular weight excluding hydrogens is 268 g/mol. The second-order valence-corrected chi connectivity index (χ2v) is 5.33. The fourth-order valence-corrected chi connectivity index (χ4v) is 2.61. The van der Waals surface area contributed by atoms with Gasteiger partial charge in [-0.3, -0.25) is 5.32 Å². The number of urea groups is 1. The van der Waals surface area contributed by atoms with Gasteiger partial charge >= 0.3 is 12.0 Å². The highest BCUT2D eigenvalue weighted by atomic mass is 32.1. The fourth-order valence-electron chi connectivity index (χ4n) is 1.56. The molecule has 0 saturated heterocycles. The molecule has 0 aromatic carbocycles. The number of aryl methyl sites for hydroxylation is 1. The monoisotopic (exact) mass is 286 g/mol. The Hall–Kier alpha value is -1.60. The van der Waals surface area contributed by atoms with E-state index in [1.165, 1.54) is 11.3 Å². The first-order valence-corrected chi connectivity index (χ1v) is 6.78. The number of hydrogen-bond acceptors (Lipinski definition) is 4. The van der Waals surface area contributed by atoms with E-state index in [2.05, 4.69) is 10.6 Å². The molecule has 6 nitrogen and oxygen atoms in total. The van der Waals surface area contributed by atoms with Crippen molar-refractivity contribution >= 4 is 28.3 Å². The van der Waals surface area contributed by atoms with Gasteiger partial charge in [0, 0.05) is 18.0 Å². The molecular formula is C12H18N2O4S. The first-order chi connectivity index (χ1) is 8.97. The number of aliphatic hydroxyl groups excluding tert-OH is 1. The van der Waals surface area contributed by atoms with Gasteiger partial charge in [-0.15, -0.1) is 11.3 Å². The zero-order valence-electron chi connectivity index (χ0n) is 10.9. The van der Waals surface area contributed by atoms with Crippen molar-refractivity contribution in [2.24, 2.45) is 0 Å². The first-order valence-electron chi connectivity index (χ1n) is 5.96. The van der Waals surface area contributed by atoms with E-state index in [1.807, 2.05) is 6.92 Å². The van der Waals surface area contributed by atoms with Crippen LogP contribution >= 0.6 is 11.3 Å². The average Bonchev–Trinajstić information content (AvgIpc) is 2.60. The van der Waals surface area contributed by atoms with Crippen molar-refractivity contribution in [3.05, 3.63) is 16.0 Å². The third-order valence-electron chi connectivity index (χ3n) is 2.70. The Kier molecular flexibility index (Phi) is 5.78. The normalized spacial score (nSPS) is 10.3. The molecule has 0 aliphatic carbocycles. The molecule has 0 aliphatic rings. The maximum absolute atomic E-state index is 11.6. The van der Waals surface area contributed by atoms with Crippen LogP contribution in [0, 0.1) is 13.8 Å². The standard InChI is InChI=1S/C12H18N2O4S/c1-7-8(2)19-10(9(7)11(16)17)14-12(18)13-5-3-4-6-15/h15H,3-6H2,1-2H3,(H,16,17)(H2,13,14,18). The summed E-state index contributed by atoms with van der Waals surface area (Å²) in [7, 11) is 0. The van der Waals surface area contributed by atoms with E-state index in [-0.39, 0.29) is 12.2 Å². The highest BCUT2D eigenvalue weighted by Crippen LogP contribution is 2.32. The number of rotatable bonds is 6. The molecule has 0 fully saturated rings. The van der Waals surface area contributed by atoms with E-state index in [1.54, 1.807) is 6.92 Å². The number of nitrogens with one attached hydrogen (secondary N) is 2. The summed E-state index contributed by atoms with van der Waals surface area (Å²) in [6.07, 6.45) is 1.30. The number of aliphatic hydroxyl groups is 1. The molecule has 19 heavy (non-hydrogen) atoms. The molecule has 1 heterocycles. The van der Waals surface area contributed by atoms with Gasteiger partial charge in [-0.05, 0) is 32.3 Å². The Bertz CT molecular complexity index is 471. The molecule has 0 unspecified atom stereocenters. The lowest BCUT2D eigenvalue weighted by molar-refractivity contribution is 0.0697. The lowest BCUT2D eigenvalue weighted by atomic mass is 10.1. The van der Waals surface area contributed by atoms with E-state index >= 15 is 0 Å². The zero-order valence-corrected chi connectivity index (χ0v) is 11.8. The summed E-state index contributed by atoms with van der Waals surface area (Å²) in [5.41, 5.74) is 0.820. The first kappa shape index (κ1) is 15.5. The van der Waals surface area contributed by atoms with Crippen LogP contribution in [0.25, 0.3) is 0 Å². The molecule has 7 heteroatoms. The summed E-state index contributed by atoms with van der Waals surface area (Å²) in [4.78, 5) is 23.6. The summed E-state index contributed by atoms with van der Waals surface area (Å²) in [5, 5.41) is 23.2. The van der Waals surface area contributed by atoms with Gasteiger partial charge in [0.1, 0.15) is 5.00 Å². The molecule has 1 rings (SSSR count). The summed E-state index contributed by atoms with van der Waals surface area (Å²) in [5.74, 6) is -1.04. The SMILES string of the molecule is Cc1sc(NC(=O)NCCCCO)c(C(=O)O)c1C. The predicted octanol–water partition coefficient (Wildman–Crippen LogP) is 1.96. The van der Waals surface area contributed by atoms with E-state index in [9.17, 15) is 9.59 Å². The van der Waals surface area contributed by atoms with Gasteiger partial charge in [-0.1, -0.05) is 0 Å². The van der Waals surface area contributed by atoms with Gasteiger partial charge in [0.2, 0.25) is 0 Å². The van der Waals surface area contributed by atoms with Crippen molar-refractivity contribution in [2.75, 3.05) is 18.5 Å². The number of thiophene rings is 1. The van der Waals surface area contributed by atoms with Crippen molar-refractivity contribution in [2.45, 2.75) is 26.7 Å². The number of carboxylic acids is 1. The largest absolute Gasteiger partial charge is 0.478 e. The minimum absolute atomic E-state index is 0.0930. The minimum Gasteiger partial charge on any atom is -0.478 e. The van der Waals surface area contributed by atoms with E-state index in [4.69, 9.17) is 10.2 Å². The minimum atomic E-state index is -1.04. The number of carbonyl (C=O) groups excluding carboxylic acids is 1. The van der Waals surface area contributed by atoms with Gasteiger partial charge in [-0.2, -0.15) is 0 Å². The highest BCUT2D eigenvalue weighted by Gasteiger charge is 2.19. The lowest BCUT2D eigenvalue weighted by Gasteiger charge is -2.06. The van der Waals surface area contributed by atoms with Gasteiger partial charge in [0.15, 0.2) is 0 Å². The van der Waals surface area contributed by atoms with E-state index in [0.717, 1.165) is 4.88 Å². The molecule has 4 N–H and O–H groups in total. The van der Waals surface area contributed by atoms with E-state index in [0.29, 0.717) is 30.0 Å². The van der Waals surface area contributed by atoms with Crippen molar-refractivity contribution in [1.82, 2.24) is 5.32 Å². The number of carbonyl (C=O) groups is 2. The Morgan fingerprint density at radius 2 is 1.95 bits per heavy atom. The quantitative estimate of drug-likeness (QED) is 0.601. The molecule has 1 aromatic heterocycles. The maximum atomic E-state index is 11.6. The topological polar surface area (TPSA) is 98.7 Å². The van der Waals surface area contributed by atoms with Gasteiger partial charge in [0.25, 0.3) is 0 Å². The Labute approximate surface area is 115 Å². The molecule has 0 bridgehead atoms. The van der Waals surface area contributed by atoms with E-state index < -0.39 is 12.0 Å². The lowest BCUT2D eigenvalue weighted by Crippen LogP contribution is -2.29. The third-order valence-corrected chi connectivity index (χ3v) is 3.82. The number of carboxylic acid groups (broad SMARTS) is 1. The van der Waals surface area contributed by atoms with Crippen LogP contribution in [0.2, 0.25) is 0 Å². The molecule has 0 atom stereocenters. The number of anilines is 1. The van der Waals surface area contributed by atoms with Crippen LogP contribution in [-0.2, 0) is 0 Å². The van der Waals surface area contributed by atoms with Crippen molar-refractivity contribution in [1.29, 1.82) is 0 Å². The molecule has 0 saturated carbocycles. The van der Waals surface area contributed by atoms with Crippen LogP contribution in [0.5, 0.6) is 0 Å². The summed E-state index contributed by atoms with van der Waals surface area (Å²) in [6.45, 7) is 4.07. The average molecular weight is 286 g/mol. The smallest absolute Gasteiger partial charge is 0.338 e. The Morgan fingerprint density at radius 1 is 1.26 bits per heavy atom. The van der Waals surface area contributed by atoms with Crippen molar-refractivity contribution in [3.8, 4) is 0 Å². The molecule has 0 aliphatic heterocycles. The Balaban J connectivity index is 2.64. The zero-order chi connectivity index (χ0) is 14.4. The van der Waals surface area contributed by atoms with Gasteiger partial charge < -0.3 is 15.5 Å². The predicted molar refractivity (Wildman–Crippen MR) is 74.1 cm³/mol. The highest BCUT2D eigenvalue weighted by molar-refractivity contribution is 7.16. The molecule has 1 aromatic rings. The van der Waals surface area contributed by atoms with Gasteiger partial charge in [0.05, 0.1) is 5.56 Å². The van der Waals surface area contributed by atoms with Crippen LogP contribution in [0.15, 0.2) is 0 Å². The molecule has 2 amide bonds. The summed E-state index contributed by atoms with van der Waals surface area (Å²) in [6, 6.07) is -0.429. The van der Waals surface area contributed by atoms with Crippen molar-refractivity contribution < 1.29 is 19.8 Å². The number of aromatic carboxylic acids is 1. The van der Waals surface area contributed by atoms with Crippen molar-refractivity contribution in [3.63, 3.8) is 0 Å². The summed E-state index contributed by atoms with van der Waals surface area (Å²) >= 11 is 1.25. The molecule has 0 spiro atoms. The van der Waals surface area contributed by atoms with Crippen LogP contribution in [0.3, 0.4) is 0 Å². The summed E-state index contributed by atoms with van der Waals surface area (Å²) < 4.78 is 0. The van der Waals surface area contributed by atoms with Crippen LogP contribution in [0.4, 0.5) is 9.80 Å². The van der Waals surface area contributed by atoms with Crippen LogP contribution in [0.1, 0.15) is 33.6 Å². The van der Waals surface area contributed by atoms with Gasteiger partial charge in [-0.25, -0.2) is 9.59 Å². The number of amides is 2.